The fourth-order valence-electron chi connectivity index (χ4n) is 2.80. The third kappa shape index (κ3) is 2.87. The first kappa shape index (κ1) is 14.7. The van der Waals surface area contributed by atoms with Crippen molar-refractivity contribution in [3.63, 3.8) is 0 Å². The first-order valence-electron chi connectivity index (χ1n) is 7.72. The van der Waals surface area contributed by atoms with E-state index in [0.717, 1.165) is 47.8 Å². The summed E-state index contributed by atoms with van der Waals surface area (Å²) >= 11 is 0. The van der Waals surface area contributed by atoms with E-state index in [2.05, 4.69) is 20.1 Å². The molecule has 0 aliphatic carbocycles. The lowest BCUT2D eigenvalue weighted by Gasteiger charge is -2.11. The van der Waals surface area contributed by atoms with Crippen molar-refractivity contribution in [3.8, 4) is 11.4 Å². The molecule has 6 nitrogen and oxygen atoms in total. The maximum Gasteiger partial charge on any atom is 0.238 e. The highest BCUT2D eigenvalue weighted by atomic mass is 16.1. The molecule has 2 aromatic rings. The highest BCUT2D eigenvalue weighted by Gasteiger charge is 2.16. The molecule has 0 spiro atoms. The van der Waals surface area contributed by atoms with Crippen LogP contribution in [0.2, 0.25) is 0 Å². The molecule has 0 radical (unpaired) electrons. The predicted octanol–water partition coefficient (Wildman–Crippen LogP) is 1.88. The monoisotopic (exact) mass is 299 g/mol. The van der Waals surface area contributed by atoms with Gasteiger partial charge in [0.05, 0.1) is 6.54 Å². The second kappa shape index (κ2) is 6.27. The summed E-state index contributed by atoms with van der Waals surface area (Å²) in [4.78, 5) is 11.5. The van der Waals surface area contributed by atoms with E-state index in [0.29, 0.717) is 0 Å². The lowest BCUT2D eigenvalue weighted by Crippen LogP contribution is -2.22. The summed E-state index contributed by atoms with van der Waals surface area (Å²) in [6, 6.07) is 5.96. The fraction of sp³-hybridized carbons (Fsp3) is 0.438. The third-order valence-electron chi connectivity index (χ3n) is 4.06. The van der Waals surface area contributed by atoms with E-state index >= 15 is 0 Å². The lowest BCUT2D eigenvalue weighted by atomic mass is 10.1. The van der Waals surface area contributed by atoms with Gasteiger partial charge in [-0.15, -0.1) is 10.2 Å². The number of carbonyl (C=O) groups is 1. The van der Waals surface area contributed by atoms with Crippen LogP contribution in [0.15, 0.2) is 18.2 Å². The molecule has 1 aliphatic heterocycles. The van der Waals surface area contributed by atoms with Gasteiger partial charge in [0.1, 0.15) is 5.82 Å². The van der Waals surface area contributed by atoms with Crippen molar-refractivity contribution in [1.82, 2.24) is 14.8 Å². The number of rotatable bonds is 3. The second-order valence-corrected chi connectivity index (χ2v) is 5.68. The Morgan fingerprint density at radius 2 is 2.18 bits per heavy atom. The number of anilines is 1. The van der Waals surface area contributed by atoms with Crippen molar-refractivity contribution in [2.45, 2.75) is 39.2 Å². The van der Waals surface area contributed by atoms with Gasteiger partial charge in [0.25, 0.3) is 0 Å². The van der Waals surface area contributed by atoms with Crippen LogP contribution in [-0.2, 0) is 17.8 Å². The maximum atomic E-state index is 11.5. The standard InChI is InChI=1S/C16H21N5O/c1-11-6-7-12(9-13(11)18-15(22)10-17)16-20-19-14-5-3-2-4-8-21(14)16/h6-7,9H,2-5,8,10,17H2,1H3,(H,18,22). The molecular weight excluding hydrogens is 278 g/mol. The summed E-state index contributed by atoms with van der Waals surface area (Å²) in [6.45, 7) is 2.89. The average Bonchev–Trinajstić information content (AvgIpc) is 2.78. The molecule has 0 unspecified atom stereocenters. The first-order valence-corrected chi connectivity index (χ1v) is 7.72. The number of nitrogens with two attached hydrogens (primary N) is 1. The molecule has 6 heteroatoms. The highest BCUT2D eigenvalue weighted by molar-refractivity contribution is 5.93. The van der Waals surface area contributed by atoms with E-state index in [4.69, 9.17) is 5.73 Å². The molecule has 3 rings (SSSR count). The quantitative estimate of drug-likeness (QED) is 0.906. The first-order chi connectivity index (χ1) is 10.7. The van der Waals surface area contributed by atoms with Crippen LogP contribution < -0.4 is 11.1 Å². The average molecular weight is 299 g/mol. The van der Waals surface area contributed by atoms with E-state index in [9.17, 15) is 4.79 Å². The zero-order valence-corrected chi connectivity index (χ0v) is 12.8. The number of nitrogens with one attached hydrogen (secondary N) is 1. The Kier molecular flexibility index (Phi) is 4.20. The number of nitrogens with zero attached hydrogens (tertiary/aromatic N) is 3. The Morgan fingerprint density at radius 1 is 1.32 bits per heavy atom. The number of aromatic nitrogens is 3. The zero-order chi connectivity index (χ0) is 15.5. The van der Waals surface area contributed by atoms with Crippen LogP contribution in [0.3, 0.4) is 0 Å². The Balaban J connectivity index is 1.97. The molecule has 1 aliphatic rings. The number of fused-ring (bicyclic) bond motifs is 1. The van der Waals surface area contributed by atoms with E-state index in [1.54, 1.807) is 0 Å². The summed E-state index contributed by atoms with van der Waals surface area (Å²) in [7, 11) is 0. The Bertz CT molecular complexity index is 692. The Labute approximate surface area is 129 Å². The maximum absolute atomic E-state index is 11.5. The fourth-order valence-corrected chi connectivity index (χ4v) is 2.80. The van der Waals surface area contributed by atoms with Gasteiger partial charge in [0.15, 0.2) is 5.82 Å². The highest BCUT2D eigenvalue weighted by Crippen LogP contribution is 2.26. The van der Waals surface area contributed by atoms with Gasteiger partial charge in [-0.2, -0.15) is 0 Å². The zero-order valence-electron chi connectivity index (χ0n) is 12.8. The number of benzene rings is 1. The largest absolute Gasteiger partial charge is 0.325 e. The summed E-state index contributed by atoms with van der Waals surface area (Å²) in [5.74, 6) is 1.74. The van der Waals surface area contributed by atoms with Gasteiger partial charge in [0.2, 0.25) is 5.91 Å². The van der Waals surface area contributed by atoms with Gasteiger partial charge in [-0.3, -0.25) is 4.79 Å². The summed E-state index contributed by atoms with van der Waals surface area (Å²) in [6.07, 6.45) is 4.54. The third-order valence-corrected chi connectivity index (χ3v) is 4.06. The topological polar surface area (TPSA) is 85.8 Å². The van der Waals surface area contributed by atoms with Crippen LogP contribution in [0.1, 0.15) is 30.7 Å². The van der Waals surface area contributed by atoms with Crippen LogP contribution in [0.5, 0.6) is 0 Å². The van der Waals surface area contributed by atoms with Gasteiger partial charge in [-0.1, -0.05) is 18.6 Å². The Hall–Kier alpha value is -2.21. The number of carbonyl (C=O) groups excluding carboxylic acids is 1. The molecule has 1 aromatic heterocycles. The van der Waals surface area contributed by atoms with E-state index in [-0.39, 0.29) is 12.5 Å². The lowest BCUT2D eigenvalue weighted by molar-refractivity contribution is -0.114. The molecule has 2 heterocycles. The molecular formula is C16H21N5O. The van der Waals surface area contributed by atoms with Crippen molar-refractivity contribution < 1.29 is 4.79 Å². The second-order valence-electron chi connectivity index (χ2n) is 5.68. The van der Waals surface area contributed by atoms with E-state index in [1.807, 2.05) is 25.1 Å². The molecule has 1 aromatic carbocycles. The number of aryl methyl sites for hydroxylation is 2. The Morgan fingerprint density at radius 3 is 3.00 bits per heavy atom. The summed E-state index contributed by atoms with van der Waals surface area (Å²) in [5, 5.41) is 11.5. The minimum Gasteiger partial charge on any atom is -0.325 e. The van der Waals surface area contributed by atoms with E-state index < -0.39 is 0 Å². The molecule has 0 saturated carbocycles. The predicted molar refractivity (Wildman–Crippen MR) is 85.4 cm³/mol. The van der Waals surface area contributed by atoms with Gasteiger partial charge < -0.3 is 15.6 Å². The number of amides is 1. The molecule has 0 fully saturated rings. The summed E-state index contributed by atoms with van der Waals surface area (Å²) < 4.78 is 2.20. The van der Waals surface area contributed by atoms with Crippen LogP contribution in [-0.4, -0.2) is 27.2 Å². The van der Waals surface area contributed by atoms with Crippen molar-refractivity contribution in [2.75, 3.05) is 11.9 Å². The molecule has 0 saturated heterocycles. The van der Waals surface area contributed by atoms with Gasteiger partial charge in [-0.05, 0) is 31.4 Å². The smallest absolute Gasteiger partial charge is 0.238 e. The van der Waals surface area contributed by atoms with Crippen molar-refractivity contribution in [2.24, 2.45) is 5.73 Å². The minimum absolute atomic E-state index is 0.0238. The van der Waals surface area contributed by atoms with Gasteiger partial charge in [0, 0.05) is 24.2 Å². The molecule has 3 N–H and O–H groups in total. The van der Waals surface area contributed by atoms with E-state index in [1.165, 1.54) is 12.8 Å². The molecule has 1 amide bonds. The molecule has 22 heavy (non-hydrogen) atoms. The van der Waals surface area contributed by atoms with Gasteiger partial charge >= 0.3 is 0 Å². The normalized spacial score (nSPS) is 14.3. The summed E-state index contributed by atoms with van der Waals surface area (Å²) in [5.41, 5.74) is 8.12. The number of hydrogen-bond donors (Lipinski definition) is 2. The van der Waals surface area contributed by atoms with Crippen LogP contribution in [0.4, 0.5) is 5.69 Å². The van der Waals surface area contributed by atoms with Crippen LogP contribution in [0.25, 0.3) is 11.4 Å². The SMILES string of the molecule is Cc1ccc(-c2nnc3n2CCCCC3)cc1NC(=O)CN. The molecule has 0 bridgehead atoms. The van der Waals surface area contributed by atoms with Crippen LogP contribution in [0, 0.1) is 6.92 Å². The number of hydrogen-bond acceptors (Lipinski definition) is 4. The molecule has 116 valence electrons. The van der Waals surface area contributed by atoms with Crippen molar-refractivity contribution >= 4 is 11.6 Å². The van der Waals surface area contributed by atoms with Crippen LogP contribution >= 0.6 is 0 Å². The van der Waals surface area contributed by atoms with Crippen molar-refractivity contribution in [1.29, 1.82) is 0 Å². The van der Waals surface area contributed by atoms with Gasteiger partial charge in [-0.25, -0.2) is 0 Å². The minimum atomic E-state index is -0.194. The molecule has 0 atom stereocenters. The van der Waals surface area contributed by atoms with Crippen molar-refractivity contribution in [3.05, 3.63) is 29.6 Å².